The minimum absolute atomic E-state index is 0.0464. The monoisotopic (exact) mass is 380 g/mol. The van der Waals surface area contributed by atoms with Gasteiger partial charge in [-0.15, -0.1) is 0 Å². The van der Waals surface area contributed by atoms with E-state index in [0.717, 1.165) is 0 Å². The Morgan fingerprint density at radius 2 is 1.71 bits per heavy atom. The van der Waals surface area contributed by atoms with E-state index in [2.05, 4.69) is 29.6 Å². The van der Waals surface area contributed by atoms with Gasteiger partial charge in [0.1, 0.15) is 6.61 Å². The van der Waals surface area contributed by atoms with Crippen molar-refractivity contribution < 1.29 is 19.1 Å². The molecule has 1 amide bonds. The van der Waals surface area contributed by atoms with Crippen molar-refractivity contribution in [2.24, 2.45) is 0 Å². The second-order valence-corrected chi connectivity index (χ2v) is 7.18. The fourth-order valence-corrected chi connectivity index (χ4v) is 4.10. The minimum Gasteiger partial charge on any atom is -0.469 e. The third-order valence-corrected chi connectivity index (χ3v) is 5.49. The molecule has 0 radical (unpaired) electrons. The standard InChI is InChI=1S/C22H24N2O4/c1-27-21(25)12-15-13-24(11-10-23-15)22(26)28-14-20-18-8-4-2-6-16(18)17-7-3-5-9-19(17)20/h2-9,15,20,23H,10-14H2,1H3/t15-/m1/s1. The van der Waals surface area contributed by atoms with Crippen LogP contribution in [0.3, 0.4) is 0 Å². The van der Waals surface area contributed by atoms with Gasteiger partial charge in [0.15, 0.2) is 0 Å². The van der Waals surface area contributed by atoms with E-state index in [0.29, 0.717) is 26.2 Å². The number of piperazine rings is 1. The van der Waals surface area contributed by atoms with Crippen molar-refractivity contribution >= 4 is 12.1 Å². The Labute approximate surface area is 164 Å². The summed E-state index contributed by atoms with van der Waals surface area (Å²) in [6, 6.07) is 16.4. The summed E-state index contributed by atoms with van der Waals surface area (Å²) in [5, 5.41) is 3.24. The molecule has 146 valence electrons. The summed E-state index contributed by atoms with van der Waals surface area (Å²) in [6.45, 7) is 1.93. The van der Waals surface area contributed by atoms with Crippen molar-refractivity contribution in [2.45, 2.75) is 18.4 Å². The fraction of sp³-hybridized carbons (Fsp3) is 0.364. The Bertz CT molecular complexity index is 837. The van der Waals surface area contributed by atoms with E-state index in [-0.39, 0.29) is 30.4 Å². The third kappa shape index (κ3) is 3.60. The molecule has 0 saturated carbocycles. The van der Waals surface area contributed by atoms with Gasteiger partial charge in [0.2, 0.25) is 0 Å². The fourth-order valence-electron chi connectivity index (χ4n) is 4.10. The molecular weight excluding hydrogens is 356 g/mol. The summed E-state index contributed by atoms with van der Waals surface area (Å²) < 4.78 is 10.4. The van der Waals surface area contributed by atoms with Crippen LogP contribution in [0.1, 0.15) is 23.5 Å². The lowest BCUT2D eigenvalue weighted by atomic mass is 9.98. The number of carbonyl (C=O) groups excluding carboxylic acids is 2. The number of benzene rings is 2. The van der Waals surface area contributed by atoms with E-state index in [1.54, 1.807) is 4.90 Å². The maximum Gasteiger partial charge on any atom is 0.409 e. The number of carbonyl (C=O) groups is 2. The van der Waals surface area contributed by atoms with Crippen molar-refractivity contribution in [3.8, 4) is 11.1 Å². The Balaban J connectivity index is 1.42. The molecule has 1 N–H and O–H groups in total. The van der Waals surface area contributed by atoms with E-state index < -0.39 is 0 Å². The molecule has 1 atom stereocenters. The Morgan fingerprint density at radius 3 is 2.36 bits per heavy atom. The maximum absolute atomic E-state index is 12.6. The van der Waals surface area contributed by atoms with Gasteiger partial charge in [-0.05, 0) is 22.3 Å². The number of nitrogens with zero attached hydrogens (tertiary/aromatic N) is 1. The number of hydrogen-bond acceptors (Lipinski definition) is 5. The zero-order valence-electron chi connectivity index (χ0n) is 15.9. The van der Waals surface area contributed by atoms with Gasteiger partial charge in [-0.2, -0.15) is 0 Å². The molecule has 28 heavy (non-hydrogen) atoms. The van der Waals surface area contributed by atoms with Crippen LogP contribution in [-0.4, -0.2) is 56.4 Å². The summed E-state index contributed by atoms with van der Waals surface area (Å²) in [5.74, 6) is -0.239. The molecule has 1 saturated heterocycles. The summed E-state index contributed by atoms with van der Waals surface area (Å²) in [5.41, 5.74) is 4.81. The molecule has 0 aromatic heterocycles. The van der Waals surface area contributed by atoms with Crippen LogP contribution >= 0.6 is 0 Å². The molecule has 6 heteroatoms. The molecule has 1 aliphatic heterocycles. The number of rotatable bonds is 4. The van der Waals surface area contributed by atoms with Crippen molar-refractivity contribution in [3.63, 3.8) is 0 Å². The zero-order valence-corrected chi connectivity index (χ0v) is 15.9. The molecule has 4 rings (SSSR count). The predicted molar refractivity (Wildman–Crippen MR) is 105 cm³/mol. The first-order chi connectivity index (χ1) is 13.7. The van der Waals surface area contributed by atoms with Gasteiger partial charge < -0.3 is 19.7 Å². The molecule has 0 bridgehead atoms. The van der Waals surface area contributed by atoms with Crippen molar-refractivity contribution in [1.29, 1.82) is 0 Å². The second kappa shape index (κ2) is 8.02. The van der Waals surface area contributed by atoms with Crippen LogP contribution in [0.15, 0.2) is 48.5 Å². The molecule has 6 nitrogen and oxygen atoms in total. The van der Waals surface area contributed by atoms with E-state index in [9.17, 15) is 9.59 Å². The van der Waals surface area contributed by atoms with Crippen LogP contribution in [0.25, 0.3) is 11.1 Å². The summed E-state index contributed by atoms with van der Waals surface area (Å²) in [7, 11) is 1.37. The van der Waals surface area contributed by atoms with Gasteiger partial charge >= 0.3 is 12.1 Å². The van der Waals surface area contributed by atoms with Gasteiger partial charge in [-0.25, -0.2) is 4.79 Å². The van der Waals surface area contributed by atoms with Gasteiger partial charge in [0, 0.05) is 31.6 Å². The molecule has 2 aromatic rings. The summed E-state index contributed by atoms with van der Waals surface area (Å²) in [4.78, 5) is 25.8. The van der Waals surface area contributed by atoms with Gasteiger partial charge in [0.05, 0.1) is 13.5 Å². The van der Waals surface area contributed by atoms with E-state index >= 15 is 0 Å². The highest BCUT2D eigenvalue weighted by molar-refractivity contribution is 5.79. The van der Waals surface area contributed by atoms with Gasteiger partial charge in [-0.1, -0.05) is 48.5 Å². The molecular formula is C22H24N2O4. The average molecular weight is 380 g/mol. The first-order valence-corrected chi connectivity index (χ1v) is 9.57. The molecule has 2 aromatic carbocycles. The number of fused-ring (bicyclic) bond motifs is 3. The van der Waals surface area contributed by atoms with Crippen molar-refractivity contribution in [3.05, 3.63) is 59.7 Å². The maximum atomic E-state index is 12.6. The van der Waals surface area contributed by atoms with E-state index in [1.807, 2.05) is 24.3 Å². The van der Waals surface area contributed by atoms with Gasteiger partial charge in [0.25, 0.3) is 0 Å². The largest absolute Gasteiger partial charge is 0.469 e. The number of hydrogen-bond donors (Lipinski definition) is 1. The average Bonchev–Trinajstić information content (AvgIpc) is 3.06. The molecule has 2 aliphatic rings. The third-order valence-electron chi connectivity index (χ3n) is 5.49. The van der Waals surface area contributed by atoms with E-state index in [1.165, 1.54) is 29.4 Å². The first-order valence-electron chi connectivity index (χ1n) is 9.57. The number of methoxy groups -OCH3 is 1. The number of ether oxygens (including phenoxy) is 2. The summed E-state index contributed by atoms with van der Waals surface area (Å²) >= 11 is 0. The van der Waals surface area contributed by atoms with E-state index in [4.69, 9.17) is 9.47 Å². The van der Waals surface area contributed by atoms with Gasteiger partial charge in [-0.3, -0.25) is 4.79 Å². The SMILES string of the molecule is COC(=O)C[C@@H]1CN(C(=O)OCC2c3ccccc3-c3ccccc32)CCN1. The molecule has 0 unspecified atom stereocenters. The summed E-state index contributed by atoms with van der Waals surface area (Å²) in [6.07, 6.45) is -0.0952. The van der Waals surface area contributed by atoms with Crippen molar-refractivity contribution in [2.75, 3.05) is 33.4 Å². The first kappa shape index (κ1) is 18.5. The highest BCUT2D eigenvalue weighted by Crippen LogP contribution is 2.44. The molecule has 0 spiro atoms. The lowest BCUT2D eigenvalue weighted by Gasteiger charge is -2.32. The Morgan fingerprint density at radius 1 is 1.07 bits per heavy atom. The lowest BCUT2D eigenvalue weighted by Crippen LogP contribution is -2.53. The van der Waals surface area contributed by atoms with Crippen molar-refractivity contribution in [1.82, 2.24) is 10.2 Å². The normalized spacial score (nSPS) is 18.3. The number of esters is 1. The smallest absolute Gasteiger partial charge is 0.409 e. The van der Waals surface area contributed by atoms with Crippen LogP contribution in [0.4, 0.5) is 4.79 Å². The minimum atomic E-state index is -0.335. The highest BCUT2D eigenvalue weighted by atomic mass is 16.6. The topological polar surface area (TPSA) is 67.9 Å². The van der Waals surface area contributed by atoms with Crippen LogP contribution in [0, 0.1) is 0 Å². The Hall–Kier alpha value is -2.86. The van der Waals surface area contributed by atoms with Crippen LogP contribution < -0.4 is 5.32 Å². The van der Waals surface area contributed by atoms with Crippen LogP contribution in [0.2, 0.25) is 0 Å². The second-order valence-electron chi connectivity index (χ2n) is 7.18. The zero-order chi connectivity index (χ0) is 19.5. The molecule has 1 fully saturated rings. The van der Waals surface area contributed by atoms with Crippen LogP contribution in [0.5, 0.6) is 0 Å². The number of amides is 1. The predicted octanol–water partition coefficient (Wildman–Crippen LogP) is 2.77. The highest BCUT2D eigenvalue weighted by Gasteiger charge is 2.31. The molecule has 1 aliphatic carbocycles. The quantitative estimate of drug-likeness (QED) is 0.826. The Kier molecular flexibility index (Phi) is 5.30. The number of nitrogens with one attached hydrogen (secondary N) is 1. The lowest BCUT2D eigenvalue weighted by molar-refractivity contribution is -0.141. The molecule has 1 heterocycles. The van der Waals surface area contributed by atoms with Crippen LogP contribution in [-0.2, 0) is 14.3 Å².